The summed E-state index contributed by atoms with van der Waals surface area (Å²) in [6, 6.07) is 2.18. The summed E-state index contributed by atoms with van der Waals surface area (Å²) in [7, 11) is 0. The standard InChI is InChI=1S/C11H14N4O/c16-11-10-3-5-13-15(10)7-6-14(11)8-9-2-1-4-12-9/h3,5-7,9,12H,1-2,4,8H2/t9-/m0/s1. The first-order valence-corrected chi connectivity index (χ1v) is 5.61. The van der Waals surface area contributed by atoms with Gasteiger partial charge >= 0.3 is 0 Å². The van der Waals surface area contributed by atoms with Crippen LogP contribution < -0.4 is 10.9 Å². The lowest BCUT2D eigenvalue weighted by atomic mass is 10.2. The summed E-state index contributed by atoms with van der Waals surface area (Å²) < 4.78 is 3.38. The molecule has 1 aliphatic heterocycles. The van der Waals surface area contributed by atoms with Crippen molar-refractivity contribution in [1.29, 1.82) is 0 Å². The topological polar surface area (TPSA) is 51.3 Å². The summed E-state index contributed by atoms with van der Waals surface area (Å²) in [6.45, 7) is 1.81. The average molecular weight is 218 g/mol. The zero-order valence-electron chi connectivity index (χ0n) is 8.97. The molecule has 3 heterocycles. The molecule has 5 heteroatoms. The Morgan fingerprint density at radius 1 is 1.50 bits per heavy atom. The van der Waals surface area contributed by atoms with Gasteiger partial charge < -0.3 is 9.88 Å². The number of fused-ring (bicyclic) bond motifs is 1. The Balaban J connectivity index is 1.96. The van der Waals surface area contributed by atoms with E-state index in [-0.39, 0.29) is 5.56 Å². The second-order valence-electron chi connectivity index (χ2n) is 4.21. The molecular weight excluding hydrogens is 204 g/mol. The van der Waals surface area contributed by atoms with E-state index in [9.17, 15) is 4.79 Å². The van der Waals surface area contributed by atoms with E-state index < -0.39 is 0 Å². The minimum Gasteiger partial charge on any atom is -0.312 e. The highest BCUT2D eigenvalue weighted by molar-refractivity contribution is 5.42. The molecule has 1 N–H and O–H groups in total. The Kier molecular flexibility index (Phi) is 2.25. The van der Waals surface area contributed by atoms with Gasteiger partial charge in [0, 0.05) is 25.0 Å². The zero-order valence-corrected chi connectivity index (χ0v) is 8.97. The van der Waals surface area contributed by atoms with E-state index in [1.54, 1.807) is 21.3 Å². The minimum absolute atomic E-state index is 0.0358. The average Bonchev–Trinajstić information content (AvgIpc) is 2.93. The Labute approximate surface area is 92.7 Å². The van der Waals surface area contributed by atoms with E-state index in [0.717, 1.165) is 19.5 Å². The van der Waals surface area contributed by atoms with Crippen LogP contribution in [0.25, 0.3) is 5.52 Å². The van der Waals surface area contributed by atoms with Crippen molar-refractivity contribution in [2.75, 3.05) is 6.54 Å². The van der Waals surface area contributed by atoms with Gasteiger partial charge in [-0.2, -0.15) is 5.10 Å². The van der Waals surface area contributed by atoms with E-state index >= 15 is 0 Å². The van der Waals surface area contributed by atoms with Crippen molar-refractivity contribution in [2.45, 2.75) is 25.4 Å². The smallest absolute Gasteiger partial charge is 0.276 e. The van der Waals surface area contributed by atoms with Gasteiger partial charge in [0.05, 0.1) is 6.20 Å². The lowest BCUT2D eigenvalue weighted by Crippen LogP contribution is -2.32. The molecule has 1 saturated heterocycles. The van der Waals surface area contributed by atoms with Gasteiger partial charge in [0.15, 0.2) is 0 Å². The molecule has 0 aromatic carbocycles. The van der Waals surface area contributed by atoms with Crippen LogP contribution in [0.1, 0.15) is 12.8 Å². The molecule has 2 aromatic rings. The van der Waals surface area contributed by atoms with Crippen molar-refractivity contribution in [2.24, 2.45) is 0 Å². The fraction of sp³-hybridized carbons (Fsp3) is 0.455. The van der Waals surface area contributed by atoms with Crippen molar-refractivity contribution in [3.63, 3.8) is 0 Å². The van der Waals surface area contributed by atoms with E-state index in [1.165, 1.54) is 6.42 Å². The van der Waals surface area contributed by atoms with Crippen molar-refractivity contribution >= 4 is 5.52 Å². The summed E-state index contributed by atoms with van der Waals surface area (Å²) >= 11 is 0. The van der Waals surface area contributed by atoms with Crippen LogP contribution >= 0.6 is 0 Å². The van der Waals surface area contributed by atoms with Crippen molar-refractivity contribution in [1.82, 2.24) is 19.5 Å². The summed E-state index contributed by atoms with van der Waals surface area (Å²) in [5.74, 6) is 0. The molecule has 1 aliphatic rings. The monoisotopic (exact) mass is 218 g/mol. The fourth-order valence-electron chi connectivity index (χ4n) is 2.25. The summed E-state index contributed by atoms with van der Waals surface area (Å²) in [4.78, 5) is 12.1. The molecule has 0 saturated carbocycles. The highest BCUT2D eigenvalue weighted by Gasteiger charge is 2.15. The molecule has 5 nitrogen and oxygen atoms in total. The molecule has 2 aromatic heterocycles. The Bertz CT molecular complexity index is 550. The predicted molar refractivity (Wildman–Crippen MR) is 60.5 cm³/mol. The third-order valence-corrected chi connectivity index (χ3v) is 3.12. The first-order chi connectivity index (χ1) is 7.84. The van der Waals surface area contributed by atoms with E-state index in [4.69, 9.17) is 0 Å². The van der Waals surface area contributed by atoms with Crippen LogP contribution in [0.2, 0.25) is 0 Å². The number of rotatable bonds is 2. The van der Waals surface area contributed by atoms with Gasteiger partial charge in [-0.15, -0.1) is 0 Å². The largest absolute Gasteiger partial charge is 0.312 e. The summed E-state index contributed by atoms with van der Waals surface area (Å²) in [5, 5.41) is 7.43. The van der Waals surface area contributed by atoms with Crippen LogP contribution in [-0.4, -0.2) is 26.8 Å². The molecule has 16 heavy (non-hydrogen) atoms. The molecule has 0 spiro atoms. The number of aromatic nitrogens is 3. The van der Waals surface area contributed by atoms with Gasteiger partial charge in [-0.05, 0) is 25.5 Å². The molecule has 0 unspecified atom stereocenters. The zero-order chi connectivity index (χ0) is 11.0. The third-order valence-electron chi connectivity index (χ3n) is 3.12. The Morgan fingerprint density at radius 3 is 3.25 bits per heavy atom. The Hall–Kier alpha value is -1.62. The Morgan fingerprint density at radius 2 is 2.44 bits per heavy atom. The molecule has 0 amide bonds. The molecule has 0 radical (unpaired) electrons. The lowest BCUT2D eigenvalue weighted by molar-refractivity contribution is 0.498. The summed E-state index contributed by atoms with van der Waals surface area (Å²) in [5.41, 5.74) is 0.675. The van der Waals surface area contributed by atoms with Crippen LogP contribution in [0.3, 0.4) is 0 Å². The second-order valence-corrected chi connectivity index (χ2v) is 4.21. The van der Waals surface area contributed by atoms with Gasteiger partial charge in [-0.1, -0.05) is 0 Å². The maximum atomic E-state index is 12.1. The van der Waals surface area contributed by atoms with Crippen LogP contribution in [0.4, 0.5) is 0 Å². The fourth-order valence-corrected chi connectivity index (χ4v) is 2.25. The first kappa shape index (κ1) is 9.59. The van der Waals surface area contributed by atoms with Crippen LogP contribution in [0, 0.1) is 0 Å². The first-order valence-electron chi connectivity index (χ1n) is 5.61. The van der Waals surface area contributed by atoms with E-state index in [1.807, 2.05) is 12.4 Å². The van der Waals surface area contributed by atoms with Crippen LogP contribution in [0.15, 0.2) is 29.5 Å². The minimum atomic E-state index is 0.0358. The maximum absolute atomic E-state index is 12.1. The van der Waals surface area contributed by atoms with Crippen molar-refractivity contribution < 1.29 is 0 Å². The molecule has 1 atom stereocenters. The third kappa shape index (κ3) is 1.53. The molecule has 3 rings (SSSR count). The lowest BCUT2D eigenvalue weighted by Gasteiger charge is -2.12. The van der Waals surface area contributed by atoms with Gasteiger partial charge in [0.1, 0.15) is 5.52 Å². The van der Waals surface area contributed by atoms with Gasteiger partial charge in [-0.25, -0.2) is 4.52 Å². The van der Waals surface area contributed by atoms with Crippen molar-refractivity contribution in [3.05, 3.63) is 35.0 Å². The van der Waals surface area contributed by atoms with Crippen LogP contribution in [0.5, 0.6) is 0 Å². The number of hydrogen-bond acceptors (Lipinski definition) is 3. The molecule has 0 aliphatic carbocycles. The van der Waals surface area contributed by atoms with E-state index in [0.29, 0.717) is 11.6 Å². The molecule has 0 bridgehead atoms. The van der Waals surface area contributed by atoms with Crippen LogP contribution in [-0.2, 0) is 6.54 Å². The highest BCUT2D eigenvalue weighted by Crippen LogP contribution is 2.06. The van der Waals surface area contributed by atoms with Gasteiger partial charge in [0.2, 0.25) is 0 Å². The van der Waals surface area contributed by atoms with Gasteiger partial charge in [-0.3, -0.25) is 4.79 Å². The predicted octanol–water partition coefficient (Wildman–Crippen LogP) is 0.248. The maximum Gasteiger partial charge on any atom is 0.276 e. The molecule has 1 fully saturated rings. The highest BCUT2D eigenvalue weighted by atomic mass is 16.1. The van der Waals surface area contributed by atoms with E-state index in [2.05, 4.69) is 10.4 Å². The summed E-state index contributed by atoms with van der Waals surface area (Å²) in [6.07, 6.45) is 7.63. The normalized spacial score (nSPS) is 20.6. The molecular formula is C11H14N4O. The van der Waals surface area contributed by atoms with Crippen molar-refractivity contribution in [3.8, 4) is 0 Å². The SMILES string of the molecule is O=c1c2ccnn2ccn1C[C@@H]1CCCN1. The number of hydrogen-bond donors (Lipinski definition) is 1. The number of nitrogens with one attached hydrogen (secondary N) is 1. The number of nitrogens with zero attached hydrogens (tertiary/aromatic N) is 3. The molecule has 84 valence electrons. The second kappa shape index (κ2) is 3.75. The van der Waals surface area contributed by atoms with Gasteiger partial charge in [0.25, 0.3) is 5.56 Å². The quantitative estimate of drug-likeness (QED) is 0.786.